The lowest BCUT2D eigenvalue weighted by molar-refractivity contribution is -0.137. The van der Waals surface area contributed by atoms with Crippen molar-refractivity contribution in [2.24, 2.45) is 5.92 Å². The van der Waals surface area contributed by atoms with Gasteiger partial charge in [0.2, 0.25) is 5.82 Å². The molecular formula is C14H22N4O3. The number of rotatable bonds is 4. The molecule has 1 aromatic rings. The maximum atomic E-state index is 12.3. The first-order valence-corrected chi connectivity index (χ1v) is 7.21. The molecule has 116 valence electrons. The van der Waals surface area contributed by atoms with E-state index < -0.39 is 5.97 Å². The van der Waals surface area contributed by atoms with E-state index >= 15 is 0 Å². The fraction of sp³-hybridized carbons (Fsp3) is 0.714. The number of aromatic nitrogens is 3. The first-order chi connectivity index (χ1) is 9.77. The Morgan fingerprint density at radius 1 is 1.43 bits per heavy atom. The first kappa shape index (κ1) is 15.5. The fourth-order valence-electron chi connectivity index (χ4n) is 2.41. The molecule has 2 rings (SSSR count). The van der Waals surface area contributed by atoms with Gasteiger partial charge in [-0.25, -0.2) is 4.98 Å². The van der Waals surface area contributed by atoms with Crippen molar-refractivity contribution in [3.05, 3.63) is 11.6 Å². The zero-order chi connectivity index (χ0) is 15.6. The van der Waals surface area contributed by atoms with Crippen LogP contribution in [0.2, 0.25) is 0 Å². The van der Waals surface area contributed by atoms with Crippen LogP contribution >= 0.6 is 0 Å². The summed E-state index contributed by atoms with van der Waals surface area (Å²) in [4.78, 5) is 28.9. The zero-order valence-corrected chi connectivity index (χ0v) is 12.7. The Morgan fingerprint density at radius 3 is 2.71 bits per heavy atom. The van der Waals surface area contributed by atoms with Gasteiger partial charge in [-0.05, 0) is 18.8 Å². The summed E-state index contributed by atoms with van der Waals surface area (Å²) in [5.74, 6) is 0.167. The lowest BCUT2D eigenvalue weighted by Gasteiger charge is -2.15. The van der Waals surface area contributed by atoms with E-state index in [-0.39, 0.29) is 29.5 Å². The monoisotopic (exact) mass is 294 g/mol. The van der Waals surface area contributed by atoms with Crippen molar-refractivity contribution in [3.63, 3.8) is 0 Å². The molecule has 1 unspecified atom stereocenters. The molecular weight excluding hydrogens is 272 g/mol. The molecule has 0 radical (unpaired) electrons. The minimum atomic E-state index is -0.788. The minimum Gasteiger partial charge on any atom is -0.481 e. The van der Waals surface area contributed by atoms with Gasteiger partial charge >= 0.3 is 5.97 Å². The van der Waals surface area contributed by atoms with Crippen LogP contribution in [0.4, 0.5) is 0 Å². The topological polar surface area (TPSA) is 99.2 Å². The Labute approximate surface area is 123 Å². The number of hydrogen-bond acceptors (Lipinski definition) is 4. The van der Waals surface area contributed by atoms with Gasteiger partial charge in [0.15, 0.2) is 0 Å². The largest absolute Gasteiger partial charge is 0.481 e. The second kappa shape index (κ2) is 5.83. The second-order valence-corrected chi connectivity index (χ2v) is 6.60. The van der Waals surface area contributed by atoms with Gasteiger partial charge in [-0.1, -0.05) is 20.8 Å². The molecule has 21 heavy (non-hydrogen) atoms. The fourth-order valence-corrected chi connectivity index (χ4v) is 2.41. The van der Waals surface area contributed by atoms with E-state index in [1.807, 2.05) is 20.8 Å². The van der Waals surface area contributed by atoms with Gasteiger partial charge in [0, 0.05) is 24.9 Å². The van der Waals surface area contributed by atoms with Crippen molar-refractivity contribution in [2.45, 2.75) is 45.4 Å². The van der Waals surface area contributed by atoms with E-state index in [0.29, 0.717) is 25.3 Å². The number of likely N-dealkylation sites (tertiary alicyclic amines) is 1. The minimum absolute atomic E-state index is 0.154. The predicted molar refractivity (Wildman–Crippen MR) is 76.0 cm³/mol. The molecule has 0 aromatic carbocycles. The number of carbonyl (C=O) groups excluding carboxylic acids is 1. The van der Waals surface area contributed by atoms with Crippen LogP contribution in [0.25, 0.3) is 0 Å². The summed E-state index contributed by atoms with van der Waals surface area (Å²) < 4.78 is 0. The maximum Gasteiger partial charge on any atom is 0.303 e. The van der Waals surface area contributed by atoms with Crippen molar-refractivity contribution in [1.29, 1.82) is 0 Å². The highest BCUT2D eigenvalue weighted by atomic mass is 16.4. The lowest BCUT2D eigenvalue weighted by Crippen LogP contribution is -2.29. The molecule has 7 nitrogen and oxygen atoms in total. The standard InChI is InChI=1S/C14H22N4O3/c1-14(2,3)13-15-11(16-17-13)12(21)18-7-6-9(8-18)4-5-10(19)20/h9H,4-8H2,1-3H3,(H,19,20)(H,15,16,17). The number of amides is 1. The van der Waals surface area contributed by atoms with Crippen LogP contribution in [0, 0.1) is 5.92 Å². The highest BCUT2D eigenvalue weighted by Crippen LogP contribution is 2.23. The molecule has 1 aliphatic rings. The maximum absolute atomic E-state index is 12.3. The number of nitrogens with zero attached hydrogens (tertiary/aromatic N) is 3. The van der Waals surface area contributed by atoms with Crippen molar-refractivity contribution in [1.82, 2.24) is 20.1 Å². The summed E-state index contributed by atoms with van der Waals surface area (Å²) in [6.07, 6.45) is 1.61. The number of H-pyrrole nitrogens is 1. The third-order valence-electron chi connectivity index (χ3n) is 3.73. The molecule has 0 spiro atoms. The molecule has 0 bridgehead atoms. The van der Waals surface area contributed by atoms with E-state index in [0.717, 1.165) is 6.42 Å². The third kappa shape index (κ3) is 3.80. The average molecular weight is 294 g/mol. The molecule has 7 heteroatoms. The summed E-state index contributed by atoms with van der Waals surface area (Å²) in [7, 11) is 0. The average Bonchev–Trinajstić information content (AvgIpc) is 3.04. The van der Waals surface area contributed by atoms with Crippen molar-refractivity contribution in [2.75, 3.05) is 13.1 Å². The zero-order valence-electron chi connectivity index (χ0n) is 12.7. The van der Waals surface area contributed by atoms with Crippen molar-refractivity contribution < 1.29 is 14.7 Å². The van der Waals surface area contributed by atoms with Gasteiger partial charge in [-0.3, -0.25) is 14.7 Å². The van der Waals surface area contributed by atoms with Crippen LogP contribution in [0.1, 0.15) is 56.5 Å². The van der Waals surface area contributed by atoms with E-state index in [2.05, 4.69) is 15.2 Å². The van der Waals surface area contributed by atoms with Crippen LogP contribution in [0.5, 0.6) is 0 Å². The normalized spacial score (nSPS) is 19.0. The summed E-state index contributed by atoms with van der Waals surface area (Å²) in [5.41, 5.74) is -0.180. The van der Waals surface area contributed by atoms with Gasteiger partial charge in [0.25, 0.3) is 5.91 Å². The van der Waals surface area contributed by atoms with E-state index in [9.17, 15) is 9.59 Å². The Morgan fingerprint density at radius 2 is 2.14 bits per heavy atom. The SMILES string of the molecule is CC(C)(C)c1nc(C(=O)N2CCC(CCC(=O)O)C2)n[nH]1. The van der Waals surface area contributed by atoms with Gasteiger partial charge in [0.05, 0.1) is 0 Å². The Bertz CT molecular complexity index is 533. The van der Waals surface area contributed by atoms with Gasteiger partial charge in [0.1, 0.15) is 5.82 Å². The quantitative estimate of drug-likeness (QED) is 0.875. The van der Waals surface area contributed by atoms with Gasteiger partial charge in [-0.15, -0.1) is 5.10 Å². The summed E-state index contributed by atoms with van der Waals surface area (Å²) in [5, 5.41) is 15.5. The van der Waals surface area contributed by atoms with Crippen LogP contribution in [0.3, 0.4) is 0 Å². The number of hydrogen-bond donors (Lipinski definition) is 2. The molecule has 1 fully saturated rings. The molecule has 0 aliphatic carbocycles. The first-order valence-electron chi connectivity index (χ1n) is 7.21. The molecule has 2 N–H and O–H groups in total. The Hall–Kier alpha value is -1.92. The molecule has 1 amide bonds. The molecule has 1 aliphatic heterocycles. The second-order valence-electron chi connectivity index (χ2n) is 6.60. The molecule has 1 atom stereocenters. The van der Waals surface area contributed by atoms with E-state index in [1.165, 1.54) is 0 Å². The summed E-state index contributed by atoms with van der Waals surface area (Å²) in [6, 6.07) is 0. The smallest absolute Gasteiger partial charge is 0.303 e. The van der Waals surface area contributed by atoms with Gasteiger partial charge in [-0.2, -0.15) is 0 Å². The lowest BCUT2D eigenvalue weighted by atomic mass is 9.96. The third-order valence-corrected chi connectivity index (χ3v) is 3.73. The molecule has 1 aromatic heterocycles. The van der Waals surface area contributed by atoms with Crippen LogP contribution in [-0.4, -0.2) is 50.2 Å². The van der Waals surface area contributed by atoms with Crippen LogP contribution < -0.4 is 0 Å². The van der Waals surface area contributed by atoms with Crippen molar-refractivity contribution in [3.8, 4) is 0 Å². The number of carboxylic acids is 1. The molecule has 2 heterocycles. The van der Waals surface area contributed by atoms with E-state index in [1.54, 1.807) is 4.90 Å². The molecule has 0 saturated carbocycles. The number of aliphatic carboxylic acids is 1. The van der Waals surface area contributed by atoms with Crippen LogP contribution in [0.15, 0.2) is 0 Å². The van der Waals surface area contributed by atoms with Crippen molar-refractivity contribution >= 4 is 11.9 Å². The highest BCUT2D eigenvalue weighted by Gasteiger charge is 2.30. The number of aromatic amines is 1. The summed E-state index contributed by atoms with van der Waals surface area (Å²) >= 11 is 0. The number of carboxylic acid groups (broad SMARTS) is 1. The predicted octanol–water partition coefficient (Wildman–Crippen LogP) is 1.43. The highest BCUT2D eigenvalue weighted by molar-refractivity contribution is 5.90. The number of carbonyl (C=O) groups is 2. The Kier molecular flexibility index (Phi) is 4.29. The molecule has 1 saturated heterocycles. The van der Waals surface area contributed by atoms with E-state index in [4.69, 9.17) is 5.11 Å². The van der Waals surface area contributed by atoms with Crippen LogP contribution in [-0.2, 0) is 10.2 Å². The summed E-state index contributed by atoms with van der Waals surface area (Å²) in [6.45, 7) is 7.23. The number of nitrogens with one attached hydrogen (secondary N) is 1. The Balaban J connectivity index is 1.95. The van der Waals surface area contributed by atoms with Gasteiger partial charge < -0.3 is 10.0 Å².